The third-order valence-corrected chi connectivity index (χ3v) is 4.72. The van der Waals surface area contributed by atoms with Crippen LogP contribution >= 0.6 is 0 Å². The molecule has 0 spiro atoms. The molecule has 2 aromatic rings. The molecule has 0 amide bonds. The van der Waals surface area contributed by atoms with Crippen LogP contribution in [0.3, 0.4) is 0 Å². The molecule has 26 heavy (non-hydrogen) atoms. The minimum absolute atomic E-state index is 0.00900. The van der Waals surface area contributed by atoms with E-state index in [0.717, 1.165) is 7.11 Å². The second-order valence-electron chi connectivity index (χ2n) is 5.75. The molecular weight excluding hydrogens is 356 g/mol. The SMILES string of the molecule is C=Cc1ccc(Nc2nc(N(C)C)nc(N(C)C)n2)cc1S(=O)(=O)OC. The van der Waals surface area contributed by atoms with E-state index in [1.807, 2.05) is 28.2 Å². The Hall–Kier alpha value is -2.72. The summed E-state index contributed by atoms with van der Waals surface area (Å²) in [5.74, 6) is 1.23. The molecule has 0 atom stereocenters. The fourth-order valence-electron chi connectivity index (χ4n) is 2.03. The predicted molar refractivity (Wildman–Crippen MR) is 102 cm³/mol. The Balaban J connectivity index is 2.49. The van der Waals surface area contributed by atoms with E-state index in [1.165, 1.54) is 12.1 Å². The van der Waals surface area contributed by atoms with Crippen LogP contribution in [-0.4, -0.2) is 58.7 Å². The van der Waals surface area contributed by atoms with Crippen LogP contribution < -0.4 is 15.1 Å². The average Bonchev–Trinajstić information content (AvgIpc) is 2.61. The molecule has 0 bridgehead atoms. The van der Waals surface area contributed by atoms with Crippen LogP contribution in [0.4, 0.5) is 23.5 Å². The molecule has 0 saturated carbocycles. The van der Waals surface area contributed by atoms with E-state index in [2.05, 4.69) is 31.0 Å². The molecule has 9 nitrogen and oxygen atoms in total. The molecule has 1 N–H and O–H groups in total. The topological polar surface area (TPSA) is 101 Å². The molecular formula is C16H22N6O3S. The zero-order chi connectivity index (χ0) is 19.5. The lowest BCUT2D eigenvalue weighted by Crippen LogP contribution is -2.19. The Labute approximate surface area is 153 Å². The van der Waals surface area contributed by atoms with Crippen molar-refractivity contribution >= 4 is 39.7 Å². The molecule has 1 aromatic carbocycles. The average molecular weight is 378 g/mol. The van der Waals surface area contributed by atoms with E-state index in [0.29, 0.717) is 29.1 Å². The minimum atomic E-state index is -3.88. The van der Waals surface area contributed by atoms with Gasteiger partial charge in [-0.1, -0.05) is 18.7 Å². The molecule has 0 fully saturated rings. The number of benzene rings is 1. The molecule has 1 heterocycles. The highest BCUT2D eigenvalue weighted by molar-refractivity contribution is 7.86. The van der Waals surface area contributed by atoms with Gasteiger partial charge in [0.05, 0.1) is 7.11 Å². The highest BCUT2D eigenvalue weighted by Crippen LogP contribution is 2.25. The van der Waals surface area contributed by atoms with Crippen molar-refractivity contribution < 1.29 is 12.6 Å². The smallest absolute Gasteiger partial charge is 0.297 e. The summed E-state index contributed by atoms with van der Waals surface area (Å²) < 4.78 is 28.9. The third kappa shape index (κ3) is 4.27. The van der Waals surface area contributed by atoms with Crippen LogP contribution in [0.1, 0.15) is 5.56 Å². The maximum atomic E-state index is 12.1. The first kappa shape index (κ1) is 19.6. The summed E-state index contributed by atoms with van der Waals surface area (Å²) >= 11 is 0. The standard InChI is InChI=1S/C16H22N6O3S/c1-7-11-8-9-12(10-13(11)26(23,24)25-6)17-14-18-15(21(2)3)20-16(19-14)22(4)5/h7-10H,1H2,2-6H3,(H,17,18,19,20). The predicted octanol–water partition coefficient (Wildman–Crippen LogP) is 1.73. The molecule has 0 aliphatic rings. The first-order valence-electron chi connectivity index (χ1n) is 7.63. The zero-order valence-electron chi connectivity index (χ0n) is 15.4. The number of hydrogen-bond donors (Lipinski definition) is 1. The van der Waals surface area contributed by atoms with Crippen molar-refractivity contribution in [1.82, 2.24) is 15.0 Å². The van der Waals surface area contributed by atoms with Gasteiger partial charge < -0.3 is 15.1 Å². The van der Waals surface area contributed by atoms with Crippen LogP contribution in [0.25, 0.3) is 6.08 Å². The van der Waals surface area contributed by atoms with Crippen molar-refractivity contribution in [2.45, 2.75) is 4.90 Å². The maximum absolute atomic E-state index is 12.1. The lowest BCUT2D eigenvalue weighted by Gasteiger charge is -2.17. The highest BCUT2D eigenvalue weighted by Gasteiger charge is 2.18. The van der Waals surface area contributed by atoms with Crippen LogP contribution in [0.15, 0.2) is 29.7 Å². The largest absolute Gasteiger partial charge is 0.347 e. The molecule has 10 heteroatoms. The first-order chi connectivity index (χ1) is 12.2. The van der Waals surface area contributed by atoms with Crippen molar-refractivity contribution in [2.75, 3.05) is 50.4 Å². The van der Waals surface area contributed by atoms with Gasteiger partial charge in [-0.05, 0) is 17.7 Å². The lowest BCUT2D eigenvalue weighted by atomic mass is 10.2. The van der Waals surface area contributed by atoms with E-state index in [4.69, 9.17) is 0 Å². The van der Waals surface area contributed by atoms with Gasteiger partial charge >= 0.3 is 0 Å². The van der Waals surface area contributed by atoms with E-state index in [1.54, 1.807) is 21.9 Å². The molecule has 1 aromatic heterocycles. The van der Waals surface area contributed by atoms with Gasteiger partial charge in [0.25, 0.3) is 10.1 Å². The minimum Gasteiger partial charge on any atom is -0.347 e. The Bertz CT molecular complexity index is 886. The van der Waals surface area contributed by atoms with Crippen LogP contribution in [0.2, 0.25) is 0 Å². The lowest BCUT2D eigenvalue weighted by molar-refractivity contribution is 0.397. The number of hydrogen-bond acceptors (Lipinski definition) is 9. The quantitative estimate of drug-likeness (QED) is 0.722. The van der Waals surface area contributed by atoms with E-state index >= 15 is 0 Å². The number of anilines is 4. The monoisotopic (exact) mass is 378 g/mol. The Kier molecular flexibility index (Phi) is 5.78. The molecule has 2 rings (SSSR count). The summed E-state index contributed by atoms with van der Waals surface area (Å²) in [6.45, 7) is 3.63. The summed E-state index contributed by atoms with van der Waals surface area (Å²) in [6.07, 6.45) is 1.45. The van der Waals surface area contributed by atoms with E-state index in [-0.39, 0.29) is 4.90 Å². The van der Waals surface area contributed by atoms with Gasteiger partial charge in [-0.3, -0.25) is 4.18 Å². The maximum Gasteiger partial charge on any atom is 0.297 e. The van der Waals surface area contributed by atoms with Crippen molar-refractivity contribution in [2.24, 2.45) is 0 Å². The van der Waals surface area contributed by atoms with Gasteiger partial charge in [0.1, 0.15) is 4.90 Å². The van der Waals surface area contributed by atoms with Crippen molar-refractivity contribution in [3.63, 3.8) is 0 Å². The summed E-state index contributed by atoms with van der Waals surface area (Å²) in [7, 11) is 4.51. The second kappa shape index (κ2) is 7.67. The molecule has 0 aliphatic carbocycles. The van der Waals surface area contributed by atoms with Gasteiger partial charge in [0.2, 0.25) is 17.8 Å². The number of nitrogens with zero attached hydrogens (tertiary/aromatic N) is 5. The van der Waals surface area contributed by atoms with Crippen LogP contribution in [0, 0.1) is 0 Å². The van der Waals surface area contributed by atoms with Gasteiger partial charge in [0.15, 0.2) is 0 Å². The fraction of sp³-hybridized carbons (Fsp3) is 0.312. The van der Waals surface area contributed by atoms with E-state index < -0.39 is 10.1 Å². The first-order valence-corrected chi connectivity index (χ1v) is 9.03. The van der Waals surface area contributed by atoms with Gasteiger partial charge in [-0.2, -0.15) is 23.4 Å². The molecule has 140 valence electrons. The van der Waals surface area contributed by atoms with E-state index in [9.17, 15) is 8.42 Å². The van der Waals surface area contributed by atoms with Gasteiger partial charge in [-0.15, -0.1) is 0 Å². The molecule has 0 aliphatic heterocycles. The Morgan fingerprint density at radius 3 is 2.12 bits per heavy atom. The summed E-state index contributed by atoms with van der Waals surface area (Å²) in [5, 5.41) is 3.01. The second-order valence-corrected chi connectivity index (χ2v) is 7.43. The summed E-state index contributed by atoms with van der Waals surface area (Å²) in [5.41, 5.74) is 0.933. The number of aromatic nitrogens is 3. The van der Waals surface area contributed by atoms with Crippen molar-refractivity contribution in [3.05, 3.63) is 30.3 Å². The number of nitrogens with one attached hydrogen (secondary N) is 1. The molecule has 0 unspecified atom stereocenters. The normalized spacial score (nSPS) is 11.1. The van der Waals surface area contributed by atoms with Crippen molar-refractivity contribution in [3.8, 4) is 0 Å². The van der Waals surface area contributed by atoms with Gasteiger partial charge in [0, 0.05) is 33.9 Å². The fourth-order valence-corrected chi connectivity index (χ4v) is 2.92. The van der Waals surface area contributed by atoms with Crippen LogP contribution in [0.5, 0.6) is 0 Å². The Morgan fingerprint density at radius 2 is 1.65 bits per heavy atom. The molecule has 0 radical (unpaired) electrons. The van der Waals surface area contributed by atoms with Gasteiger partial charge in [-0.25, -0.2) is 0 Å². The summed E-state index contributed by atoms with van der Waals surface area (Å²) in [6, 6.07) is 4.78. The molecule has 0 saturated heterocycles. The number of rotatable bonds is 7. The van der Waals surface area contributed by atoms with Crippen molar-refractivity contribution in [1.29, 1.82) is 0 Å². The third-order valence-electron chi connectivity index (χ3n) is 3.39. The Morgan fingerprint density at radius 1 is 1.08 bits per heavy atom. The highest BCUT2D eigenvalue weighted by atomic mass is 32.2. The van der Waals surface area contributed by atoms with Crippen LogP contribution in [-0.2, 0) is 14.3 Å². The zero-order valence-corrected chi connectivity index (χ0v) is 16.2. The summed E-state index contributed by atoms with van der Waals surface area (Å²) in [4.78, 5) is 16.5.